The van der Waals surface area contributed by atoms with Gasteiger partial charge in [0, 0.05) is 24.5 Å². The maximum atomic E-state index is 13.0. The molecule has 0 radical (unpaired) electrons. The fourth-order valence-electron chi connectivity index (χ4n) is 4.26. The third kappa shape index (κ3) is 4.72. The van der Waals surface area contributed by atoms with Crippen LogP contribution in [0.1, 0.15) is 37.1 Å². The van der Waals surface area contributed by atoms with Gasteiger partial charge in [-0.3, -0.25) is 14.6 Å². The Morgan fingerprint density at radius 2 is 2.09 bits per heavy atom. The minimum Gasteiger partial charge on any atom is -0.380 e. The van der Waals surface area contributed by atoms with Gasteiger partial charge in [0.15, 0.2) is 0 Å². The summed E-state index contributed by atoms with van der Waals surface area (Å²) in [5.74, 6) is -0.110. The molecule has 1 aliphatic heterocycles. The van der Waals surface area contributed by atoms with Crippen LogP contribution >= 0.6 is 11.8 Å². The Morgan fingerprint density at radius 1 is 1.26 bits per heavy atom. The Bertz CT molecular complexity index is 1260. The number of hydrogen-bond acceptors (Lipinski definition) is 9. The van der Waals surface area contributed by atoms with Crippen molar-refractivity contribution >= 4 is 46.0 Å². The fraction of sp³-hybridized carbons (Fsp3) is 0.391. The molecule has 176 valence electrons. The normalized spacial score (nSPS) is 22.2. The van der Waals surface area contributed by atoms with Crippen molar-refractivity contribution in [3.05, 3.63) is 41.9 Å². The summed E-state index contributed by atoms with van der Waals surface area (Å²) in [5, 5.41) is 29.3. The highest BCUT2D eigenvalue weighted by molar-refractivity contribution is 8.00. The second-order valence-electron chi connectivity index (χ2n) is 8.71. The first-order chi connectivity index (χ1) is 16.4. The van der Waals surface area contributed by atoms with Crippen molar-refractivity contribution in [2.24, 2.45) is 0 Å². The molecule has 3 aromatic heterocycles. The predicted molar refractivity (Wildman–Crippen MR) is 128 cm³/mol. The molecular formula is C23H25N7O3S. The van der Waals surface area contributed by atoms with E-state index in [0.29, 0.717) is 60.4 Å². The first kappa shape index (κ1) is 22.6. The monoisotopic (exact) mass is 479 g/mol. The zero-order chi connectivity index (χ0) is 23.7. The van der Waals surface area contributed by atoms with Gasteiger partial charge in [0.1, 0.15) is 16.1 Å². The molecule has 0 atom stereocenters. The van der Waals surface area contributed by atoms with E-state index in [2.05, 4.69) is 36.1 Å². The van der Waals surface area contributed by atoms with Gasteiger partial charge in [0.2, 0.25) is 5.91 Å². The van der Waals surface area contributed by atoms with Crippen LogP contribution in [-0.4, -0.2) is 54.5 Å². The summed E-state index contributed by atoms with van der Waals surface area (Å²) < 4.78 is 0. The SMILES string of the molecule is Cc1ccc2nccc(NC(=O)C3(O)CCC(NCc4cc5c(nn4)SCC(=O)N5)CC3)c2n1. The molecule has 0 spiro atoms. The number of aromatic nitrogens is 4. The minimum absolute atomic E-state index is 0.0417. The number of carbonyl (C=O) groups excluding carboxylic acids is 2. The maximum Gasteiger partial charge on any atom is 0.256 e. The molecule has 1 saturated carbocycles. The second kappa shape index (κ2) is 9.24. The largest absolute Gasteiger partial charge is 0.380 e. The summed E-state index contributed by atoms with van der Waals surface area (Å²) in [6, 6.07) is 7.40. The number of hydrogen-bond donors (Lipinski definition) is 4. The molecule has 5 rings (SSSR count). The lowest BCUT2D eigenvalue weighted by atomic mass is 9.81. The fourth-order valence-corrected chi connectivity index (χ4v) is 4.97. The Balaban J connectivity index is 1.18. The molecule has 4 heterocycles. The lowest BCUT2D eigenvalue weighted by molar-refractivity contribution is -0.137. The maximum absolute atomic E-state index is 13.0. The van der Waals surface area contributed by atoms with Crippen LogP contribution in [0.5, 0.6) is 0 Å². The van der Waals surface area contributed by atoms with E-state index in [0.717, 1.165) is 16.4 Å². The molecule has 1 fully saturated rings. The first-order valence-corrected chi connectivity index (χ1v) is 12.2. The van der Waals surface area contributed by atoms with Crippen molar-refractivity contribution in [2.45, 2.75) is 55.8 Å². The van der Waals surface area contributed by atoms with E-state index in [1.807, 2.05) is 25.1 Å². The highest BCUT2D eigenvalue weighted by Crippen LogP contribution is 2.32. The van der Waals surface area contributed by atoms with Crippen molar-refractivity contribution in [3.63, 3.8) is 0 Å². The van der Waals surface area contributed by atoms with Crippen LogP contribution in [0.25, 0.3) is 11.0 Å². The minimum atomic E-state index is -1.44. The van der Waals surface area contributed by atoms with Crippen molar-refractivity contribution < 1.29 is 14.7 Å². The molecule has 1 aliphatic carbocycles. The van der Waals surface area contributed by atoms with Crippen molar-refractivity contribution in [2.75, 3.05) is 16.4 Å². The Morgan fingerprint density at radius 3 is 2.91 bits per heavy atom. The summed E-state index contributed by atoms with van der Waals surface area (Å²) >= 11 is 1.38. The van der Waals surface area contributed by atoms with Gasteiger partial charge < -0.3 is 21.1 Å². The summed E-state index contributed by atoms with van der Waals surface area (Å²) in [4.78, 5) is 33.4. The lowest BCUT2D eigenvalue weighted by Gasteiger charge is -2.35. The predicted octanol–water partition coefficient (Wildman–Crippen LogP) is 2.17. The zero-order valence-corrected chi connectivity index (χ0v) is 19.5. The van der Waals surface area contributed by atoms with E-state index in [4.69, 9.17) is 0 Å². The number of fused-ring (bicyclic) bond motifs is 2. The number of pyridine rings is 2. The second-order valence-corrected chi connectivity index (χ2v) is 9.68. The lowest BCUT2D eigenvalue weighted by Crippen LogP contribution is -2.48. The number of rotatable bonds is 5. The molecule has 2 aliphatic rings. The van der Waals surface area contributed by atoms with Gasteiger partial charge in [-0.25, -0.2) is 4.98 Å². The Labute approximate surface area is 200 Å². The highest BCUT2D eigenvalue weighted by Gasteiger charge is 2.40. The quantitative estimate of drug-likeness (QED) is 0.433. The topological polar surface area (TPSA) is 142 Å². The van der Waals surface area contributed by atoms with Gasteiger partial charge >= 0.3 is 0 Å². The molecule has 4 N–H and O–H groups in total. The number of amides is 2. The van der Waals surface area contributed by atoms with Crippen LogP contribution < -0.4 is 16.0 Å². The first-order valence-electron chi connectivity index (χ1n) is 11.2. The smallest absolute Gasteiger partial charge is 0.256 e. The zero-order valence-electron chi connectivity index (χ0n) is 18.7. The number of aliphatic hydroxyl groups is 1. The van der Waals surface area contributed by atoms with Crippen LogP contribution in [0.15, 0.2) is 35.5 Å². The summed E-state index contributed by atoms with van der Waals surface area (Å²) in [6.07, 6.45) is 3.59. The summed E-state index contributed by atoms with van der Waals surface area (Å²) in [5.41, 5.74) is 2.64. The van der Waals surface area contributed by atoms with E-state index in [1.165, 1.54) is 11.8 Å². The van der Waals surface area contributed by atoms with Crippen molar-refractivity contribution in [1.82, 2.24) is 25.5 Å². The van der Waals surface area contributed by atoms with Gasteiger partial charge in [-0.2, -0.15) is 5.10 Å². The third-order valence-electron chi connectivity index (χ3n) is 6.20. The number of thioether (sulfide) groups is 1. The number of nitrogens with one attached hydrogen (secondary N) is 3. The third-order valence-corrected chi connectivity index (χ3v) is 7.18. The van der Waals surface area contributed by atoms with Crippen molar-refractivity contribution in [1.29, 1.82) is 0 Å². The molecule has 0 bridgehead atoms. The van der Waals surface area contributed by atoms with E-state index >= 15 is 0 Å². The summed E-state index contributed by atoms with van der Waals surface area (Å²) in [6.45, 7) is 2.37. The van der Waals surface area contributed by atoms with Gasteiger partial charge in [0.05, 0.1) is 28.3 Å². The molecule has 10 nitrogen and oxygen atoms in total. The van der Waals surface area contributed by atoms with E-state index in [-0.39, 0.29) is 11.9 Å². The number of nitrogens with zero attached hydrogens (tertiary/aromatic N) is 4. The number of aryl methyl sites for hydroxylation is 1. The van der Waals surface area contributed by atoms with Crippen LogP contribution in [-0.2, 0) is 16.1 Å². The molecule has 0 saturated heterocycles. The molecular weight excluding hydrogens is 454 g/mol. The van der Waals surface area contributed by atoms with Crippen LogP contribution in [0.3, 0.4) is 0 Å². The molecule has 0 unspecified atom stereocenters. The van der Waals surface area contributed by atoms with Crippen LogP contribution in [0.2, 0.25) is 0 Å². The Kier molecular flexibility index (Phi) is 6.15. The van der Waals surface area contributed by atoms with Gasteiger partial charge in [-0.1, -0.05) is 11.8 Å². The van der Waals surface area contributed by atoms with E-state index < -0.39 is 11.5 Å². The van der Waals surface area contributed by atoms with E-state index in [1.54, 1.807) is 12.3 Å². The standard InChI is InChI=1S/C23H25N7O3S/c1-13-2-3-16-20(26-13)17(6-9-24-16)28-22(32)23(33)7-4-14(5-8-23)25-11-15-10-18-21(30-29-15)34-12-19(31)27-18/h2-3,6,9-10,14,25,33H,4-5,7-8,11-12H2,1H3,(H,27,31)(H,24,28,32). The van der Waals surface area contributed by atoms with E-state index in [9.17, 15) is 14.7 Å². The molecule has 3 aromatic rings. The Hall–Kier alpha value is -3.15. The van der Waals surface area contributed by atoms with Gasteiger partial charge in [-0.15, -0.1) is 5.10 Å². The molecule has 2 amide bonds. The van der Waals surface area contributed by atoms with Crippen LogP contribution in [0.4, 0.5) is 11.4 Å². The van der Waals surface area contributed by atoms with Crippen molar-refractivity contribution in [3.8, 4) is 0 Å². The molecule has 34 heavy (non-hydrogen) atoms. The summed E-state index contributed by atoms with van der Waals surface area (Å²) in [7, 11) is 0. The van der Waals surface area contributed by atoms with Gasteiger partial charge in [-0.05, 0) is 56.9 Å². The average molecular weight is 480 g/mol. The average Bonchev–Trinajstić information content (AvgIpc) is 2.84. The number of anilines is 2. The molecule has 11 heteroatoms. The van der Waals surface area contributed by atoms with Crippen LogP contribution in [0, 0.1) is 6.92 Å². The van der Waals surface area contributed by atoms with Gasteiger partial charge in [0.25, 0.3) is 5.91 Å². The highest BCUT2D eigenvalue weighted by atomic mass is 32.2. The number of carbonyl (C=O) groups is 2. The molecule has 0 aromatic carbocycles.